The van der Waals surface area contributed by atoms with Gasteiger partial charge < -0.3 is 4.74 Å². The normalized spacial score (nSPS) is 10.3. The third-order valence-electron chi connectivity index (χ3n) is 1.99. The van der Waals surface area contributed by atoms with Crippen LogP contribution in [0.1, 0.15) is 19.5 Å². The van der Waals surface area contributed by atoms with E-state index in [0.717, 1.165) is 5.69 Å². The molecule has 0 aliphatic heterocycles. The van der Waals surface area contributed by atoms with Gasteiger partial charge in [0.1, 0.15) is 5.78 Å². The van der Waals surface area contributed by atoms with Gasteiger partial charge in [0.2, 0.25) is 5.88 Å². The maximum absolute atomic E-state index is 11.4. The summed E-state index contributed by atoms with van der Waals surface area (Å²) in [5.41, 5.74) is 0.767. The van der Waals surface area contributed by atoms with E-state index in [-0.39, 0.29) is 11.7 Å². The molecule has 1 aromatic heterocycles. The van der Waals surface area contributed by atoms with Crippen LogP contribution in [0.5, 0.6) is 5.88 Å². The largest absolute Gasteiger partial charge is 0.481 e. The first kappa shape index (κ1) is 10.7. The average Bonchev–Trinajstić information content (AvgIpc) is 2.18. The second-order valence-electron chi connectivity index (χ2n) is 3.47. The van der Waals surface area contributed by atoms with Crippen LogP contribution in [0, 0.1) is 5.92 Å². The van der Waals surface area contributed by atoms with Crippen molar-refractivity contribution in [3.63, 3.8) is 0 Å². The Kier molecular flexibility index (Phi) is 3.63. The van der Waals surface area contributed by atoms with Crippen molar-refractivity contribution in [2.75, 3.05) is 7.11 Å². The van der Waals surface area contributed by atoms with Crippen LogP contribution in [0.25, 0.3) is 0 Å². The summed E-state index contributed by atoms with van der Waals surface area (Å²) >= 11 is 0. The molecule has 0 aliphatic carbocycles. The zero-order valence-electron chi connectivity index (χ0n) is 8.78. The van der Waals surface area contributed by atoms with Crippen LogP contribution in [-0.2, 0) is 11.2 Å². The van der Waals surface area contributed by atoms with E-state index in [2.05, 4.69) is 4.98 Å². The molecular formula is C11H15NO2. The molecule has 0 aliphatic rings. The molecular weight excluding hydrogens is 178 g/mol. The van der Waals surface area contributed by atoms with Crippen molar-refractivity contribution >= 4 is 5.78 Å². The van der Waals surface area contributed by atoms with E-state index in [0.29, 0.717) is 12.3 Å². The van der Waals surface area contributed by atoms with Gasteiger partial charge in [-0.05, 0) is 6.07 Å². The minimum atomic E-state index is 0.0583. The van der Waals surface area contributed by atoms with Crippen molar-refractivity contribution in [1.82, 2.24) is 4.98 Å². The van der Waals surface area contributed by atoms with Crippen molar-refractivity contribution < 1.29 is 9.53 Å². The highest BCUT2D eigenvalue weighted by Gasteiger charge is 2.09. The third-order valence-corrected chi connectivity index (χ3v) is 1.99. The molecule has 0 N–H and O–H groups in total. The Morgan fingerprint density at radius 2 is 2.21 bits per heavy atom. The number of nitrogens with zero attached hydrogens (tertiary/aromatic N) is 1. The predicted molar refractivity (Wildman–Crippen MR) is 54.3 cm³/mol. The molecule has 0 radical (unpaired) electrons. The predicted octanol–water partition coefficient (Wildman–Crippen LogP) is 1.86. The van der Waals surface area contributed by atoms with Crippen LogP contribution < -0.4 is 4.74 Å². The first-order valence-corrected chi connectivity index (χ1v) is 4.66. The lowest BCUT2D eigenvalue weighted by molar-refractivity contribution is -0.121. The Labute approximate surface area is 84.1 Å². The number of carbonyl (C=O) groups excluding carboxylic acids is 1. The van der Waals surface area contributed by atoms with Crippen molar-refractivity contribution in [3.8, 4) is 5.88 Å². The summed E-state index contributed by atoms with van der Waals surface area (Å²) in [6.07, 6.45) is 0.384. The third kappa shape index (κ3) is 2.83. The van der Waals surface area contributed by atoms with Gasteiger partial charge in [-0.3, -0.25) is 4.79 Å². The fraction of sp³-hybridized carbons (Fsp3) is 0.455. The molecule has 76 valence electrons. The van der Waals surface area contributed by atoms with Gasteiger partial charge in [-0.1, -0.05) is 19.9 Å². The number of aromatic nitrogens is 1. The number of Topliss-reactive ketones (excluding diaryl/α,β-unsaturated/α-hetero) is 1. The Balaban J connectivity index is 2.72. The molecule has 3 heteroatoms. The summed E-state index contributed by atoms with van der Waals surface area (Å²) in [6, 6.07) is 5.45. The Bertz CT molecular complexity index is 321. The van der Waals surface area contributed by atoms with Gasteiger partial charge in [0, 0.05) is 18.4 Å². The minimum absolute atomic E-state index is 0.0583. The van der Waals surface area contributed by atoms with Crippen LogP contribution in [0.2, 0.25) is 0 Å². The van der Waals surface area contributed by atoms with E-state index < -0.39 is 0 Å². The maximum atomic E-state index is 11.4. The molecule has 0 amide bonds. The quantitative estimate of drug-likeness (QED) is 0.732. The number of pyridine rings is 1. The van der Waals surface area contributed by atoms with Crippen LogP contribution >= 0.6 is 0 Å². The number of hydrogen-bond donors (Lipinski definition) is 0. The molecule has 1 aromatic rings. The number of ketones is 1. The lowest BCUT2D eigenvalue weighted by Crippen LogP contribution is -2.11. The summed E-state index contributed by atoms with van der Waals surface area (Å²) < 4.78 is 4.97. The number of ether oxygens (including phenoxy) is 1. The monoisotopic (exact) mass is 193 g/mol. The smallest absolute Gasteiger partial charge is 0.213 e. The van der Waals surface area contributed by atoms with E-state index in [1.54, 1.807) is 13.2 Å². The van der Waals surface area contributed by atoms with Crippen molar-refractivity contribution in [3.05, 3.63) is 23.9 Å². The first-order chi connectivity index (χ1) is 6.63. The number of methoxy groups -OCH3 is 1. The molecule has 0 atom stereocenters. The van der Waals surface area contributed by atoms with Crippen LogP contribution in [0.3, 0.4) is 0 Å². The molecule has 0 unspecified atom stereocenters. The van der Waals surface area contributed by atoms with Gasteiger partial charge in [-0.15, -0.1) is 0 Å². The van der Waals surface area contributed by atoms with Crippen LogP contribution in [0.4, 0.5) is 0 Å². The summed E-state index contributed by atoms with van der Waals surface area (Å²) in [7, 11) is 1.57. The van der Waals surface area contributed by atoms with Crippen molar-refractivity contribution in [1.29, 1.82) is 0 Å². The van der Waals surface area contributed by atoms with Crippen LogP contribution in [-0.4, -0.2) is 17.9 Å². The summed E-state index contributed by atoms with van der Waals surface area (Å²) in [6.45, 7) is 3.78. The fourth-order valence-corrected chi connectivity index (χ4v) is 1.05. The molecule has 0 saturated heterocycles. The zero-order valence-corrected chi connectivity index (χ0v) is 8.78. The molecule has 0 fully saturated rings. The van der Waals surface area contributed by atoms with Gasteiger partial charge in [0.05, 0.1) is 12.8 Å². The summed E-state index contributed by atoms with van der Waals surface area (Å²) in [4.78, 5) is 15.6. The fourth-order valence-electron chi connectivity index (χ4n) is 1.05. The number of carbonyl (C=O) groups is 1. The number of hydrogen-bond acceptors (Lipinski definition) is 3. The second-order valence-corrected chi connectivity index (χ2v) is 3.47. The van der Waals surface area contributed by atoms with Crippen molar-refractivity contribution in [2.24, 2.45) is 5.92 Å². The standard InChI is InChI=1S/C11H15NO2/c1-8(2)10(13)7-9-5-4-6-11(12-9)14-3/h4-6,8H,7H2,1-3H3. The molecule has 1 heterocycles. The van der Waals surface area contributed by atoms with E-state index in [1.165, 1.54) is 0 Å². The lowest BCUT2D eigenvalue weighted by atomic mass is 10.0. The van der Waals surface area contributed by atoms with Gasteiger partial charge in [-0.25, -0.2) is 4.98 Å². The molecule has 1 rings (SSSR count). The number of rotatable bonds is 4. The Morgan fingerprint density at radius 3 is 2.79 bits per heavy atom. The van der Waals surface area contributed by atoms with Crippen LogP contribution in [0.15, 0.2) is 18.2 Å². The van der Waals surface area contributed by atoms with Gasteiger partial charge in [-0.2, -0.15) is 0 Å². The van der Waals surface area contributed by atoms with Gasteiger partial charge in [0.25, 0.3) is 0 Å². The van der Waals surface area contributed by atoms with Crippen molar-refractivity contribution in [2.45, 2.75) is 20.3 Å². The molecule has 0 saturated carbocycles. The highest BCUT2D eigenvalue weighted by Crippen LogP contribution is 2.09. The van der Waals surface area contributed by atoms with E-state index in [4.69, 9.17) is 4.74 Å². The summed E-state index contributed by atoms with van der Waals surface area (Å²) in [5.74, 6) is 0.813. The molecule has 0 spiro atoms. The zero-order chi connectivity index (χ0) is 10.6. The highest BCUT2D eigenvalue weighted by molar-refractivity contribution is 5.82. The topological polar surface area (TPSA) is 39.2 Å². The SMILES string of the molecule is COc1cccc(CC(=O)C(C)C)n1. The lowest BCUT2D eigenvalue weighted by Gasteiger charge is -2.04. The molecule has 14 heavy (non-hydrogen) atoms. The second kappa shape index (κ2) is 4.74. The Morgan fingerprint density at radius 1 is 1.50 bits per heavy atom. The van der Waals surface area contributed by atoms with Gasteiger partial charge in [0.15, 0.2) is 0 Å². The van der Waals surface area contributed by atoms with Gasteiger partial charge >= 0.3 is 0 Å². The molecule has 0 bridgehead atoms. The Hall–Kier alpha value is -1.38. The minimum Gasteiger partial charge on any atom is -0.481 e. The summed E-state index contributed by atoms with van der Waals surface area (Å²) in [5, 5.41) is 0. The molecule has 3 nitrogen and oxygen atoms in total. The first-order valence-electron chi connectivity index (χ1n) is 4.66. The average molecular weight is 193 g/mol. The van der Waals surface area contributed by atoms with E-state index in [9.17, 15) is 4.79 Å². The highest BCUT2D eigenvalue weighted by atomic mass is 16.5. The molecule has 0 aromatic carbocycles. The van der Waals surface area contributed by atoms with E-state index in [1.807, 2.05) is 26.0 Å². The maximum Gasteiger partial charge on any atom is 0.213 e. The van der Waals surface area contributed by atoms with E-state index >= 15 is 0 Å².